The minimum atomic E-state index is 1.03. The van der Waals surface area contributed by atoms with Crippen molar-refractivity contribution in [1.82, 2.24) is 9.13 Å². The Balaban J connectivity index is 1.65. The molecule has 2 aromatic heterocycles. The summed E-state index contributed by atoms with van der Waals surface area (Å²) in [6.07, 6.45) is 21.1. The summed E-state index contributed by atoms with van der Waals surface area (Å²) in [6.45, 7) is 10.1. The van der Waals surface area contributed by atoms with Gasteiger partial charge in [-0.25, -0.2) is 0 Å². The second-order valence-electron chi connectivity index (χ2n) is 8.75. The summed E-state index contributed by atoms with van der Waals surface area (Å²) in [5.74, 6) is 0. The Hall–Kier alpha value is -4.04. The first-order chi connectivity index (χ1) is 16.6. The fourth-order valence-electron chi connectivity index (χ4n) is 5.09. The molecular weight excluding hydrogens is 412 g/mol. The third-order valence-corrected chi connectivity index (χ3v) is 6.79. The van der Waals surface area contributed by atoms with Gasteiger partial charge in [0.1, 0.15) is 0 Å². The normalized spacial score (nSPS) is 14.0. The number of aromatic nitrogens is 2. The summed E-state index contributed by atoms with van der Waals surface area (Å²) >= 11 is 0. The highest BCUT2D eigenvalue weighted by atomic mass is 15.0. The molecule has 168 valence electrons. The SMILES string of the molecule is C=C/C=C\c1c(C)c2ccc(C=Cc3c(C=C)c4ccccc4n3C3=CC=CCC3)cc2n1C. The van der Waals surface area contributed by atoms with Crippen LogP contribution in [0.4, 0.5) is 0 Å². The van der Waals surface area contributed by atoms with Crippen LogP contribution in [0, 0.1) is 6.92 Å². The smallest absolute Gasteiger partial charge is 0.0537 e. The van der Waals surface area contributed by atoms with Crippen molar-refractivity contribution in [3.63, 3.8) is 0 Å². The van der Waals surface area contributed by atoms with Crippen molar-refractivity contribution in [2.75, 3.05) is 0 Å². The Morgan fingerprint density at radius 2 is 1.76 bits per heavy atom. The van der Waals surface area contributed by atoms with Crippen LogP contribution in [0.1, 0.15) is 40.9 Å². The zero-order chi connectivity index (χ0) is 23.7. The average molecular weight is 443 g/mol. The first-order valence-electron chi connectivity index (χ1n) is 11.8. The van der Waals surface area contributed by atoms with Crippen LogP contribution in [0.3, 0.4) is 0 Å². The van der Waals surface area contributed by atoms with Crippen LogP contribution in [-0.2, 0) is 7.05 Å². The number of nitrogens with zero attached hydrogens (tertiary/aromatic N) is 2. The van der Waals surface area contributed by atoms with E-state index in [1.165, 1.54) is 55.6 Å². The maximum absolute atomic E-state index is 4.15. The summed E-state index contributed by atoms with van der Waals surface area (Å²) in [7, 11) is 2.13. The van der Waals surface area contributed by atoms with Gasteiger partial charge >= 0.3 is 0 Å². The van der Waals surface area contributed by atoms with Crippen molar-refractivity contribution in [3.8, 4) is 0 Å². The number of allylic oxidation sites excluding steroid dienone is 6. The van der Waals surface area contributed by atoms with Crippen LogP contribution in [0.15, 0.2) is 86.0 Å². The van der Waals surface area contributed by atoms with Gasteiger partial charge in [-0.15, -0.1) is 0 Å². The molecule has 34 heavy (non-hydrogen) atoms. The van der Waals surface area contributed by atoms with Crippen molar-refractivity contribution in [2.24, 2.45) is 7.05 Å². The topological polar surface area (TPSA) is 9.86 Å². The number of fused-ring (bicyclic) bond motifs is 2. The van der Waals surface area contributed by atoms with Gasteiger partial charge in [-0.3, -0.25) is 0 Å². The van der Waals surface area contributed by atoms with Crippen LogP contribution in [0.25, 0.3) is 51.8 Å². The molecule has 0 unspecified atom stereocenters. The zero-order valence-electron chi connectivity index (χ0n) is 20.0. The summed E-state index contributed by atoms with van der Waals surface area (Å²) in [6, 6.07) is 15.3. The Bertz CT molecular complexity index is 1540. The molecule has 2 heteroatoms. The third kappa shape index (κ3) is 3.62. The number of rotatable bonds is 6. The molecule has 0 saturated heterocycles. The van der Waals surface area contributed by atoms with Gasteiger partial charge in [-0.05, 0) is 61.3 Å². The Labute approximate surface area is 201 Å². The van der Waals surface area contributed by atoms with E-state index >= 15 is 0 Å². The lowest BCUT2D eigenvalue weighted by atomic mass is 10.1. The molecule has 0 aliphatic heterocycles. The first-order valence-corrected chi connectivity index (χ1v) is 11.8. The van der Waals surface area contributed by atoms with Gasteiger partial charge < -0.3 is 9.13 Å². The molecular formula is C32H30N2. The zero-order valence-corrected chi connectivity index (χ0v) is 20.0. The molecule has 0 amide bonds. The van der Waals surface area contributed by atoms with Gasteiger partial charge in [0.05, 0.1) is 11.2 Å². The summed E-state index contributed by atoms with van der Waals surface area (Å²) < 4.78 is 4.66. The van der Waals surface area contributed by atoms with Crippen LogP contribution >= 0.6 is 0 Å². The highest BCUT2D eigenvalue weighted by Gasteiger charge is 2.16. The summed E-state index contributed by atoms with van der Waals surface area (Å²) in [5, 5.41) is 2.52. The second kappa shape index (κ2) is 9.07. The van der Waals surface area contributed by atoms with Crippen molar-refractivity contribution in [2.45, 2.75) is 19.8 Å². The lowest BCUT2D eigenvalue weighted by molar-refractivity contribution is 0.948. The number of aryl methyl sites for hydroxylation is 2. The molecule has 0 saturated carbocycles. The molecule has 0 spiro atoms. The molecule has 4 aromatic rings. The van der Waals surface area contributed by atoms with E-state index in [1.807, 2.05) is 18.2 Å². The van der Waals surface area contributed by atoms with Crippen molar-refractivity contribution in [3.05, 3.63) is 114 Å². The molecule has 1 aliphatic carbocycles. The monoisotopic (exact) mass is 442 g/mol. The molecule has 2 aromatic carbocycles. The molecule has 0 atom stereocenters. The minimum Gasteiger partial charge on any atom is -0.344 e. The highest BCUT2D eigenvalue weighted by Crippen LogP contribution is 2.34. The van der Waals surface area contributed by atoms with Gasteiger partial charge in [0.15, 0.2) is 0 Å². The quantitative estimate of drug-likeness (QED) is 0.264. The fraction of sp³-hybridized carbons (Fsp3) is 0.125. The Kier molecular flexibility index (Phi) is 5.81. The predicted octanol–water partition coefficient (Wildman–Crippen LogP) is 8.64. The Morgan fingerprint density at radius 1 is 0.912 bits per heavy atom. The largest absolute Gasteiger partial charge is 0.344 e. The van der Waals surface area contributed by atoms with Crippen molar-refractivity contribution >= 4 is 51.8 Å². The highest BCUT2D eigenvalue weighted by molar-refractivity contribution is 5.98. The molecule has 2 heterocycles. The van der Waals surface area contributed by atoms with Crippen LogP contribution < -0.4 is 0 Å². The van der Waals surface area contributed by atoms with E-state index < -0.39 is 0 Å². The molecule has 5 rings (SSSR count). The molecule has 0 radical (unpaired) electrons. The molecule has 2 nitrogen and oxygen atoms in total. The van der Waals surface area contributed by atoms with Crippen LogP contribution in [-0.4, -0.2) is 9.13 Å². The lowest BCUT2D eigenvalue weighted by Gasteiger charge is -2.15. The molecule has 0 bridgehead atoms. The summed E-state index contributed by atoms with van der Waals surface area (Å²) in [5.41, 5.74) is 9.80. The van der Waals surface area contributed by atoms with Gasteiger partial charge in [0.25, 0.3) is 0 Å². The van der Waals surface area contributed by atoms with E-state index in [0.29, 0.717) is 0 Å². The Morgan fingerprint density at radius 3 is 2.53 bits per heavy atom. The van der Waals surface area contributed by atoms with E-state index in [4.69, 9.17) is 0 Å². The summed E-state index contributed by atoms with van der Waals surface area (Å²) in [4.78, 5) is 0. The number of benzene rings is 2. The van der Waals surface area contributed by atoms with E-state index in [9.17, 15) is 0 Å². The lowest BCUT2D eigenvalue weighted by Crippen LogP contribution is -2.01. The maximum Gasteiger partial charge on any atom is 0.0537 e. The number of hydrogen-bond donors (Lipinski definition) is 0. The molecule has 0 N–H and O–H groups in total. The van der Waals surface area contributed by atoms with Crippen molar-refractivity contribution < 1.29 is 0 Å². The third-order valence-electron chi connectivity index (χ3n) is 6.79. The fourth-order valence-corrected chi connectivity index (χ4v) is 5.09. The number of para-hydroxylation sites is 1. The average Bonchev–Trinajstić information content (AvgIpc) is 3.32. The first kappa shape index (κ1) is 21.8. The van der Waals surface area contributed by atoms with E-state index in [1.54, 1.807) is 0 Å². The van der Waals surface area contributed by atoms with E-state index in [0.717, 1.165) is 12.8 Å². The van der Waals surface area contributed by atoms with Gasteiger partial charge in [-0.2, -0.15) is 0 Å². The maximum atomic E-state index is 4.15. The van der Waals surface area contributed by atoms with Gasteiger partial charge in [0.2, 0.25) is 0 Å². The number of hydrogen-bond acceptors (Lipinski definition) is 0. The standard InChI is InChI=1S/C32H30N2/c1-5-7-16-29-23(3)27-20-18-24(22-32(27)33(29)4)19-21-31-26(6-2)28-15-11-12-17-30(28)34(31)25-13-9-8-10-14-25/h5-9,11-13,15-22H,1-2,10,14H2,3-4H3/b16-7-,21-19?. The van der Waals surface area contributed by atoms with Crippen LogP contribution in [0.5, 0.6) is 0 Å². The predicted molar refractivity (Wildman–Crippen MR) is 150 cm³/mol. The molecule has 1 aliphatic rings. The second-order valence-corrected chi connectivity index (χ2v) is 8.75. The van der Waals surface area contributed by atoms with Crippen LogP contribution in [0.2, 0.25) is 0 Å². The minimum absolute atomic E-state index is 1.03. The van der Waals surface area contributed by atoms with E-state index in [2.05, 4.69) is 115 Å². The van der Waals surface area contributed by atoms with Gasteiger partial charge in [0, 0.05) is 40.3 Å². The van der Waals surface area contributed by atoms with Gasteiger partial charge in [-0.1, -0.05) is 79.9 Å². The molecule has 0 fully saturated rings. The van der Waals surface area contributed by atoms with Crippen molar-refractivity contribution in [1.29, 1.82) is 0 Å². The van der Waals surface area contributed by atoms with E-state index in [-0.39, 0.29) is 0 Å².